The molecule has 1 saturated heterocycles. The van der Waals surface area contributed by atoms with Gasteiger partial charge in [0, 0.05) is 51.0 Å². The van der Waals surface area contributed by atoms with Gasteiger partial charge in [0.2, 0.25) is 5.65 Å². The average molecular weight is 384 g/mol. The van der Waals surface area contributed by atoms with Crippen molar-refractivity contribution in [3.8, 4) is 0 Å². The van der Waals surface area contributed by atoms with Gasteiger partial charge in [0.15, 0.2) is 5.82 Å². The molecule has 2 aromatic carbocycles. The van der Waals surface area contributed by atoms with Gasteiger partial charge < -0.3 is 4.90 Å². The van der Waals surface area contributed by atoms with Crippen molar-refractivity contribution in [3.05, 3.63) is 66.2 Å². The molecule has 6 heteroatoms. The molecule has 0 spiro atoms. The molecule has 0 N–H and O–H groups in total. The Bertz CT molecular complexity index is 1170. The summed E-state index contributed by atoms with van der Waals surface area (Å²) in [5.74, 6) is 2.65. The zero-order valence-electron chi connectivity index (χ0n) is 16.4. The number of anilines is 1. The zero-order chi connectivity index (χ0) is 19.2. The van der Waals surface area contributed by atoms with Gasteiger partial charge in [-0.25, -0.2) is 4.98 Å². The number of nitrogens with zero attached hydrogens (tertiary/aromatic N) is 6. The third-order valence-corrected chi connectivity index (χ3v) is 6.22. The Kier molecular flexibility index (Phi) is 3.97. The van der Waals surface area contributed by atoms with Crippen LogP contribution in [0.1, 0.15) is 30.1 Å². The molecule has 2 aliphatic rings. The zero-order valence-corrected chi connectivity index (χ0v) is 16.4. The standard InChI is InChI=1S/C23H24N6/c1-2-7-20-17(4-1)5-3-6-19(20)16-27-12-14-28(15-13-27)22-23-26-25-21(18-8-9-18)29(23)11-10-24-22/h1-7,10-11,18H,8-9,12-16H2. The second-order valence-electron chi connectivity index (χ2n) is 8.18. The van der Waals surface area contributed by atoms with E-state index in [1.807, 2.05) is 12.4 Å². The fourth-order valence-electron chi connectivity index (χ4n) is 4.46. The number of hydrogen-bond donors (Lipinski definition) is 0. The minimum absolute atomic E-state index is 0.581. The summed E-state index contributed by atoms with van der Waals surface area (Å²) in [6.07, 6.45) is 6.35. The minimum atomic E-state index is 0.581. The molecule has 2 aromatic heterocycles. The molecule has 0 radical (unpaired) electrons. The maximum atomic E-state index is 4.66. The summed E-state index contributed by atoms with van der Waals surface area (Å²) in [5.41, 5.74) is 2.31. The van der Waals surface area contributed by atoms with Crippen molar-refractivity contribution >= 4 is 22.2 Å². The Morgan fingerprint density at radius 1 is 0.897 bits per heavy atom. The maximum absolute atomic E-state index is 4.66. The molecule has 1 aliphatic carbocycles. The van der Waals surface area contributed by atoms with Crippen LogP contribution >= 0.6 is 0 Å². The average Bonchev–Trinajstić information content (AvgIpc) is 3.53. The first-order chi connectivity index (χ1) is 14.4. The van der Waals surface area contributed by atoms with E-state index < -0.39 is 0 Å². The highest BCUT2D eigenvalue weighted by Crippen LogP contribution is 2.39. The molecular weight excluding hydrogens is 360 g/mol. The van der Waals surface area contributed by atoms with Gasteiger partial charge in [-0.15, -0.1) is 10.2 Å². The van der Waals surface area contributed by atoms with Crippen molar-refractivity contribution in [3.63, 3.8) is 0 Å². The van der Waals surface area contributed by atoms with Crippen LogP contribution in [0.5, 0.6) is 0 Å². The van der Waals surface area contributed by atoms with Crippen LogP contribution in [-0.2, 0) is 6.54 Å². The third-order valence-electron chi connectivity index (χ3n) is 6.22. The normalized spacial score (nSPS) is 18.0. The highest BCUT2D eigenvalue weighted by molar-refractivity contribution is 5.85. The summed E-state index contributed by atoms with van der Waals surface area (Å²) in [5, 5.41) is 11.6. The quantitative estimate of drug-likeness (QED) is 0.539. The van der Waals surface area contributed by atoms with Gasteiger partial charge in [-0.05, 0) is 29.2 Å². The van der Waals surface area contributed by atoms with E-state index in [-0.39, 0.29) is 0 Å². The summed E-state index contributed by atoms with van der Waals surface area (Å²) < 4.78 is 2.14. The molecule has 146 valence electrons. The highest BCUT2D eigenvalue weighted by Gasteiger charge is 2.30. The third kappa shape index (κ3) is 3.04. The van der Waals surface area contributed by atoms with E-state index in [0.29, 0.717) is 5.92 Å². The van der Waals surface area contributed by atoms with Crippen molar-refractivity contribution < 1.29 is 0 Å². The summed E-state index contributed by atoms with van der Waals surface area (Å²) >= 11 is 0. The van der Waals surface area contributed by atoms with Crippen molar-refractivity contribution in [2.24, 2.45) is 0 Å². The van der Waals surface area contributed by atoms with E-state index in [1.54, 1.807) is 0 Å². The van der Waals surface area contributed by atoms with Crippen molar-refractivity contribution in [2.75, 3.05) is 31.1 Å². The van der Waals surface area contributed by atoms with Gasteiger partial charge in [-0.2, -0.15) is 0 Å². The second kappa shape index (κ2) is 6.81. The lowest BCUT2D eigenvalue weighted by atomic mass is 10.0. The number of rotatable bonds is 4. The number of fused-ring (bicyclic) bond motifs is 2. The topological polar surface area (TPSA) is 49.6 Å². The van der Waals surface area contributed by atoms with Crippen LogP contribution in [-0.4, -0.2) is 50.7 Å². The fraction of sp³-hybridized carbons (Fsp3) is 0.348. The van der Waals surface area contributed by atoms with E-state index in [0.717, 1.165) is 50.0 Å². The van der Waals surface area contributed by atoms with Gasteiger partial charge in [-0.3, -0.25) is 9.30 Å². The minimum Gasteiger partial charge on any atom is -0.351 e. The van der Waals surface area contributed by atoms with E-state index >= 15 is 0 Å². The van der Waals surface area contributed by atoms with E-state index in [4.69, 9.17) is 0 Å². The Morgan fingerprint density at radius 2 is 1.72 bits per heavy atom. The summed E-state index contributed by atoms with van der Waals surface area (Å²) in [6, 6.07) is 15.3. The molecule has 2 fully saturated rings. The number of benzene rings is 2. The Balaban J connectivity index is 1.20. The number of aromatic nitrogens is 4. The fourth-order valence-corrected chi connectivity index (χ4v) is 4.46. The second-order valence-corrected chi connectivity index (χ2v) is 8.18. The highest BCUT2D eigenvalue weighted by atomic mass is 15.3. The van der Waals surface area contributed by atoms with Gasteiger partial charge in [0.05, 0.1) is 0 Å². The van der Waals surface area contributed by atoms with Crippen LogP contribution in [0.3, 0.4) is 0 Å². The van der Waals surface area contributed by atoms with Crippen molar-refractivity contribution in [1.82, 2.24) is 24.5 Å². The van der Waals surface area contributed by atoms with E-state index in [9.17, 15) is 0 Å². The monoisotopic (exact) mass is 384 g/mol. The van der Waals surface area contributed by atoms with Crippen LogP contribution in [0.4, 0.5) is 5.82 Å². The molecule has 0 unspecified atom stereocenters. The Morgan fingerprint density at radius 3 is 2.59 bits per heavy atom. The summed E-state index contributed by atoms with van der Waals surface area (Å²) in [6.45, 7) is 4.96. The van der Waals surface area contributed by atoms with Crippen molar-refractivity contribution in [2.45, 2.75) is 25.3 Å². The lowest BCUT2D eigenvalue weighted by Gasteiger charge is -2.35. The Labute approximate surface area is 169 Å². The van der Waals surface area contributed by atoms with Gasteiger partial charge in [-0.1, -0.05) is 42.5 Å². The molecule has 6 nitrogen and oxygen atoms in total. The number of piperazine rings is 1. The lowest BCUT2D eigenvalue weighted by molar-refractivity contribution is 0.250. The molecule has 1 saturated carbocycles. The van der Waals surface area contributed by atoms with Crippen LogP contribution in [0.15, 0.2) is 54.9 Å². The smallest absolute Gasteiger partial charge is 0.203 e. The van der Waals surface area contributed by atoms with Gasteiger partial charge >= 0.3 is 0 Å². The first kappa shape index (κ1) is 16.9. The van der Waals surface area contributed by atoms with Crippen LogP contribution < -0.4 is 4.90 Å². The van der Waals surface area contributed by atoms with Crippen LogP contribution in [0.2, 0.25) is 0 Å². The van der Waals surface area contributed by atoms with Crippen molar-refractivity contribution in [1.29, 1.82) is 0 Å². The molecule has 6 rings (SSSR count). The largest absolute Gasteiger partial charge is 0.351 e. The Hall–Kier alpha value is -2.99. The molecule has 29 heavy (non-hydrogen) atoms. The first-order valence-electron chi connectivity index (χ1n) is 10.5. The van der Waals surface area contributed by atoms with Crippen LogP contribution in [0, 0.1) is 0 Å². The SMILES string of the molecule is c1ccc2c(CN3CCN(c4nccn5c(C6CC6)nnc45)CC3)cccc2c1. The van der Waals surface area contributed by atoms with Gasteiger partial charge in [0.25, 0.3) is 0 Å². The molecule has 0 amide bonds. The van der Waals surface area contributed by atoms with Crippen LogP contribution in [0.25, 0.3) is 16.4 Å². The molecular formula is C23H24N6. The van der Waals surface area contributed by atoms with E-state index in [2.05, 4.69) is 71.8 Å². The predicted molar refractivity (Wildman–Crippen MR) is 114 cm³/mol. The molecule has 4 aromatic rings. The van der Waals surface area contributed by atoms with E-state index in [1.165, 1.54) is 29.2 Å². The molecule has 0 bridgehead atoms. The predicted octanol–water partition coefficient (Wildman–Crippen LogP) is 3.48. The molecule has 3 heterocycles. The maximum Gasteiger partial charge on any atom is 0.203 e. The van der Waals surface area contributed by atoms with Gasteiger partial charge in [0.1, 0.15) is 5.82 Å². The lowest BCUT2D eigenvalue weighted by Crippen LogP contribution is -2.46. The first-order valence-corrected chi connectivity index (χ1v) is 10.5. The number of hydrogen-bond acceptors (Lipinski definition) is 5. The summed E-state index contributed by atoms with van der Waals surface area (Å²) in [7, 11) is 0. The molecule has 1 aliphatic heterocycles. The molecule has 0 atom stereocenters. The summed E-state index contributed by atoms with van der Waals surface area (Å²) in [4.78, 5) is 9.56.